The molecule has 0 fully saturated rings. The summed E-state index contributed by atoms with van der Waals surface area (Å²) in [6.45, 7) is 0. The van der Waals surface area contributed by atoms with Crippen molar-refractivity contribution in [3.8, 4) is 5.75 Å². The summed E-state index contributed by atoms with van der Waals surface area (Å²) in [6.07, 6.45) is 0. The fourth-order valence-electron chi connectivity index (χ4n) is 0.992. The van der Waals surface area contributed by atoms with Gasteiger partial charge in [-0.25, -0.2) is 0 Å². The van der Waals surface area contributed by atoms with Crippen LogP contribution in [0.4, 0.5) is 0 Å². The Kier molecular flexibility index (Phi) is 2.96. The van der Waals surface area contributed by atoms with E-state index in [-0.39, 0.29) is 11.3 Å². The molecule has 0 aliphatic carbocycles. The van der Waals surface area contributed by atoms with Crippen molar-refractivity contribution in [2.45, 2.75) is 4.90 Å². The molecule has 0 atom stereocenters. The highest BCUT2D eigenvalue weighted by Gasteiger charge is 2.15. The van der Waals surface area contributed by atoms with Gasteiger partial charge >= 0.3 is 0 Å². The van der Waals surface area contributed by atoms with Gasteiger partial charge in [-0.2, -0.15) is 8.42 Å². The predicted octanol–water partition coefficient (Wildman–Crippen LogP) is -0.00150. The first-order valence-corrected chi connectivity index (χ1v) is 5.33. The third-order valence-corrected chi connectivity index (χ3v) is 2.59. The molecule has 1 aromatic carbocycles. The number of rotatable bonds is 2. The van der Waals surface area contributed by atoms with Crippen LogP contribution in [0.25, 0.3) is 0 Å². The summed E-state index contributed by atoms with van der Waals surface area (Å²) in [5, 5.41) is 11.5. The van der Waals surface area contributed by atoms with Crippen molar-refractivity contribution < 1.29 is 22.9 Å². The van der Waals surface area contributed by atoms with E-state index in [4.69, 9.17) is 4.55 Å². The lowest BCUT2D eigenvalue weighted by molar-refractivity contribution is 0.0960. The van der Waals surface area contributed by atoms with E-state index in [1.165, 1.54) is 7.05 Å². The molecule has 0 aliphatic rings. The van der Waals surface area contributed by atoms with E-state index in [1.807, 2.05) is 0 Å². The van der Waals surface area contributed by atoms with E-state index in [0.29, 0.717) is 0 Å². The number of amides is 1. The minimum atomic E-state index is -4.37. The SMILES string of the molecule is CNC(=O)c1cc(S(=O)(=O)O)ccc1O. The number of hydrogen-bond acceptors (Lipinski definition) is 4. The summed E-state index contributed by atoms with van der Waals surface area (Å²) >= 11 is 0. The van der Waals surface area contributed by atoms with Crippen LogP contribution in [0.2, 0.25) is 0 Å². The van der Waals surface area contributed by atoms with Crippen molar-refractivity contribution in [2.24, 2.45) is 0 Å². The van der Waals surface area contributed by atoms with Gasteiger partial charge in [-0.3, -0.25) is 9.35 Å². The van der Waals surface area contributed by atoms with Gasteiger partial charge in [0.2, 0.25) is 0 Å². The van der Waals surface area contributed by atoms with E-state index in [1.54, 1.807) is 0 Å². The average molecular weight is 231 g/mol. The first-order chi connectivity index (χ1) is 6.86. The molecule has 1 rings (SSSR count). The fraction of sp³-hybridized carbons (Fsp3) is 0.125. The van der Waals surface area contributed by atoms with Crippen LogP contribution in [0.3, 0.4) is 0 Å². The predicted molar refractivity (Wildman–Crippen MR) is 51.3 cm³/mol. The molecule has 1 amide bonds. The Labute approximate surface area is 86.3 Å². The molecule has 0 saturated heterocycles. The summed E-state index contributed by atoms with van der Waals surface area (Å²) in [6, 6.07) is 2.91. The Balaban J connectivity index is 3.36. The van der Waals surface area contributed by atoms with E-state index in [0.717, 1.165) is 18.2 Å². The van der Waals surface area contributed by atoms with Gasteiger partial charge in [0, 0.05) is 7.05 Å². The third kappa shape index (κ3) is 2.45. The molecule has 0 radical (unpaired) electrons. The molecule has 0 spiro atoms. The summed E-state index contributed by atoms with van der Waals surface area (Å²) < 4.78 is 30.2. The molecule has 3 N–H and O–H groups in total. The molecule has 0 heterocycles. The molecule has 1 aromatic rings. The summed E-state index contributed by atoms with van der Waals surface area (Å²) in [7, 11) is -3.04. The first-order valence-electron chi connectivity index (χ1n) is 3.89. The Hall–Kier alpha value is -1.60. The zero-order valence-corrected chi connectivity index (χ0v) is 8.58. The average Bonchev–Trinajstić information content (AvgIpc) is 2.15. The largest absolute Gasteiger partial charge is 0.507 e. The van der Waals surface area contributed by atoms with Crippen LogP contribution in [-0.2, 0) is 10.1 Å². The second-order valence-electron chi connectivity index (χ2n) is 2.73. The van der Waals surface area contributed by atoms with Crippen molar-refractivity contribution in [3.63, 3.8) is 0 Å². The number of carbonyl (C=O) groups excluding carboxylic acids is 1. The minimum absolute atomic E-state index is 0.215. The van der Waals surface area contributed by atoms with Crippen molar-refractivity contribution >= 4 is 16.0 Å². The molecule has 6 nitrogen and oxygen atoms in total. The van der Waals surface area contributed by atoms with Crippen molar-refractivity contribution in [3.05, 3.63) is 23.8 Å². The van der Waals surface area contributed by atoms with Crippen LogP contribution in [0.5, 0.6) is 5.75 Å². The smallest absolute Gasteiger partial charge is 0.294 e. The molecule has 15 heavy (non-hydrogen) atoms. The van der Waals surface area contributed by atoms with Gasteiger partial charge in [0.1, 0.15) is 5.75 Å². The number of phenolic OH excluding ortho intramolecular Hbond substituents is 1. The molecule has 0 unspecified atom stereocenters. The number of aromatic hydroxyl groups is 1. The van der Waals surface area contributed by atoms with Crippen LogP contribution in [0.1, 0.15) is 10.4 Å². The van der Waals surface area contributed by atoms with Crippen molar-refractivity contribution in [2.75, 3.05) is 7.05 Å². The Bertz CT molecular complexity index is 494. The van der Waals surface area contributed by atoms with Gasteiger partial charge in [0.25, 0.3) is 16.0 Å². The van der Waals surface area contributed by atoms with Crippen LogP contribution < -0.4 is 5.32 Å². The van der Waals surface area contributed by atoms with Crippen LogP contribution in [0.15, 0.2) is 23.1 Å². The number of hydrogen-bond donors (Lipinski definition) is 3. The first kappa shape index (κ1) is 11.5. The molecule has 82 valence electrons. The Morgan fingerprint density at radius 2 is 2.00 bits per heavy atom. The van der Waals surface area contributed by atoms with E-state index < -0.39 is 20.9 Å². The van der Waals surface area contributed by atoms with E-state index in [2.05, 4.69) is 5.32 Å². The molecule has 0 bridgehead atoms. The molecular formula is C8H9NO5S. The van der Waals surface area contributed by atoms with Gasteiger partial charge in [-0.15, -0.1) is 0 Å². The molecule has 0 aromatic heterocycles. The van der Waals surface area contributed by atoms with Gasteiger partial charge < -0.3 is 10.4 Å². The normalized spacial score (nSPS) is 11.1. The molecule has 0 saturated carbocycles. The van der Waals surface area contributed by atoms with Gasteiger partial charge in [-0.05, 0) is 18.2 Å². The van der Waals surface area contributed by atoms with E-state index >= 15 is 0 Å². The van der Waals surface area contributed by atoms with Gasteiger partial charge in [0.05, 0.1) is 10.5 Å². The third-order valence-electron chi connectivity index (χ3n) is 1.74. The van der Waals surface area contributed by atoms with Gasteiger partial charge in [0.15, 0.2) is 0 Å². The number of benzene rings is 1. The topological polar surface area (TPSA) is 104 Å². The lowest BCUT2D eigenvalue weighted by Crippen LogP contribution is -2.18. The minimum Gasteiger partial charge on any atom is -0.507 e. The fourth-order valence-corrected chi connectivity index (χ4v) is 1.50. The van der Waals surface area contributed by atoms with E-state index in [9.17, 15) is 18.3 Å². The Morgan fingerprint density at radius 3 is 2.47 bits per heavy atom. The quantitative estimate of drug-likeness (QED) is 0.621. The monoisotopic (exact) mass is 231 g/mol. The van der Waals surface area contributed by atoms with Crippen LogP contribution in [-0.4, -0.2) is 31.0 Å². The highest BCUT2D eigenvalue weighted by Crippen LogP contribution is 2.20. The second kappa shape index (κ2) is 3.87. The lowest BCUT2D eigenvalue weighted by Gasteiger charge is -2.04. The lowest BCUT2D eigenvalue weighted by atomic mass is 10.2. The summed E-state index contributed by atoms with van der Waals surface area (Å²) in [4.78, 5) is 10.7. The highest BCUT2D eigenvalue weighted by molar-refractivity contribution is 7.85. The maximum atomic E-state index is 11.2. The second-order valence-corrected chi connectivity index (χ2v) is 4.15. The van der Waals surface area contributed by atoms with Gasteiger partial charge in [-0.1, -0.05) is 0 Å². The maximum Gasteiger partial charge on any atom is 0.294 e. The summed E-state index contributed by atoms with van der Waals surface area (Å²) in [5.74, 6) is -1.00. The number of phenols is 1. The summed E-state index contributed by atoms with van der Waals surface area (Å²) in [5.41, 5.74) is -0.215. The van der Waals surface area contributed by atoms with Crippen LogP contribution in [0, 0.1) is 0 Å². The van der Waals surface area contributed by atoms with Crippen LogP contribution >= 0.6 is 0 Å². The van der Waals surface area contributed by atoms with Crippen molar-refractivity contribution in [1.82, 2.24) is 5.32 Å². The Morgan fingerprint density at radius 1 is 1.40 bits per heavy atom. The van der Waals surface area contributed by atoms with Crippen molar-refractivity contribution in [1.29, 1.82) is 0 Å². The number of carbonyl (C=O) groups is 1. The molecular weight excluding hydrogens is 222 g/mol. The number of nitrogens with one attached hydrogen (secondary N) is 1. The maximum absolute atomic E-state index is 11.2. The zero-order valence-electron chi connectivity index (χ0n) is 7.76. The zero-order chi connectivity index (χ0) is 11.6. The standard InChI is InChI=1S/C8H9NO5S/c1-9-8(11)6-4-5(15(12,13)14)2-3-7(6)10/h2-4,10H,1H3,(H,9,11)(H,12,13,14). The molecule has 7 heteroatoms. The molecule has 0 aliphatic heterocycles. The highest BCUT2D eigenvalue weighted by atomic mass is 32.2.